The normalized spacial score (nSPS) is 10.7. The van der Waals surface area contributed by atoms with E-state index in [0.717, 1.165) is 5.56 Å². The van der Waals surface area contributed by atoms with E-state index in [4.69, 9.17) is 20.8 Å². The van der Waals surface area contributed by atoms with Crippen molar-refractivity contribution in [3.63, 3.8) is 0 Å². The molecule has 1 N–H and O–H groups in total. The van der Waals surface area contributed by atoms with Gasteiger partial charge in [0.05, 0.1) is 7.11 Å². The van der Waals surface area contributed by atoms with Crippen LogP contribution in [0.5, 0.6) is 5.75 Å². The van der Waals surface area contributed by atoms with Crippen LogP contribution in [-0.2, 0) is 6.54 Å². The van der Waals surface area contributed by atoms with Crippen LogP contribution in [0.3, 0.4) is 0 Å². The first-order valence-corrected chi connectivity index (χ1v) is 8.01. The number of carbonyl (C=O) groups is 1. The monoisotopic (exact) mass is 357 g/mol. The average molecular weight is 358 g/mol. The fourth-order valence-corrected chi connectivity index (χ4v) is 2.68. The van der Waals surface area contributed by atoms with E-state index in [1.54, 1.807) is 43.5 Å². The van der Waals surface area contributed by atoms with Gasteiger partial charge in [0.15, 0.2) is 0 Å². The van der Waals surface area contributed by atoms with Crippen LogP contribution in [0.2, 0.25) is 5.02 Å². The molecule has 0 atom stereocenters. The molecule has 0 saturated heterocycles. The van der Waals surface area contributed by atoms with Gasteiger partial charge in [0.25, 0.3) is 5.91 Å². The van der Waals surface area contributed by atoms with Crippen LogP contribution in [0.1, 0.15) is 21.5 Å². The number of amides is 1. The van der Waals surface area contributed by atoms with Crippen molar-refractivity contribution in [3.05, 3.63) is 74.6 Å². The molecule has 3 aromatic rings. The highest BCUT2D eigenvalue weighted by Crippen LogP contribution is 2.25. The zero-order valence-corrected chi connectivity index (χ0v) is 14.5. The SMILES string of the molecule is COc1ccc(C(=O)NCc2cc(=O)oc3cc(C)c(Cl)cc23)cc1. The van der Waals surface area contributed by atoms with E-state index in [1.165, 1.54) is 6.07 Å². The summed E-state index contributed by atoms with van der Waals surface area (Å²) in [5.74, 6) is 0.426. The number of ether oxygens (including phenoxy) is 1. The highest BCUT2D eigenvalue weighted by molar-refractivity contribution is 6.32. The number of methoxy groups -OCH3 is 1. The highest BCUT2D eigenvalue weighted by Gasteiger charge is 2.11. The first-order chi connectivity index (χ1) is 12.0. The molecule has 0 aliphatic heterocycles. The van der Waals surface area contributed by atoms with Gasteiger partial charge < -0.3 is 14.5 Å². The van der Waals surface area contributed by atoms with E-state index in [2.05, 4.69) is 5.32 Å². The zero-order valence-electron chi connectivity index (χ0n) is 13.8. The summed E-state index contributed by atoms with van der Waals surface area (Å²) in [4.78, 5) is 24.0. The van der Waals surface area contributed by atoms with Gasteiger partial charge in [-0.25, -0.2) is 4.79 Å². The smallest absolute Gasteiger partial charge is 0.336 e. The van der Waals surface area contributed by atoms with Gasteiger partial charge in [-0.05, 0) is 54.4 Å². The fourth-order valence-electron chi connectivity index (χ4n) is 2.51. The van der Waals surface area contributed by atoms with Crippen molar-refractivity contribution in [1.82, 2.24) is 5.32 Å². The average Bonchev–Trinajstić information content (AvgIpc) is 2.61. The summed E-state index contributed by atoms with van der Waals surface area (Å²) in [6.45, 7) is 2.02. The maximum absolute atomic E-state index is 12.3. The minimum Gasteiger partial charge on any atom is -0.497 e. The van der Waals surface area contributed by atoms with Crippen LogP contribution < -0.4 is 15.7 Å². The van der Waals surface area contributed by atoms with E-state index in [1.807, 2.05) is 6.92 Å². The second-order valence-electron chi connectivity index (χ2n) is 5.60. The molecule has 0 aliphatic rings. The van der Waals surface area contributed by atoms with E-state index in [0.29, 0.717) is 32.9 Å². The summed E-state index contributed by atoms with van der Waals surface area (Å²) in [6.07, 6.45) is 0. The van der Waals surface area contributed by atoms with Gasteiger partial charge in [-0.2, -0.15) is 0 Å². The summed E-state index contributed by atoms with van der Waals surface area (Å²) >= 11 is 6.17. The summed E-state index contributed by atoms with van der Waals surface area (Å²) in [6, 6.07) is 11.6. The Morgan fingerprint density at radius 3 is 2.60 bits per heavy atom. The number of benzene rings is 2. The lowest BCUT2D eigenvalue weighted by molar-refractivity contribution is 0.0951. The molecule has 0 unspecified atom stereocenters. The van der Waals surface area contributed by atoms with Crippen LogP contribution in [0.25, 0.3) is 11.0 Å². The lowest BCUT2D eigenvalue weighted by atomic mass is 10.1. The summed E-state index contributed by atoms with van der Waals surface area (Å²) in [7, 11) is 1.56. The molecule has 1 heterocycles. The van der Waals surface area contributed by atoms with Gasteiger partial charge in [0, 0.05) is 28.6 Å². The van der Waals surface area contributed by atoms with Crippen LogP contribution in [-0.4, -0.2) is 13.0 Å². The number of halogens is 1. The molecule has 25 heavy (non-hydrogen) atoms. The van der Waals surface area contributed by atoms with E-state index < -0.39 is 5.63 Å². The molecule has 3 rings (SSSR count). The van der Waals surface area contributed by atoms with Crippen LogP contribution in [0.4, 0.5) is 0 Å². The number of hydrogen-bond acceptors (Lipinski definition) is 4. The van der Waals surface area contributed by atoms with Crippen LogP contribution in [0, 0.1) is 6.92 Å². The summed E-state index contributed by atoms with van der Waals surface area (Å²) in [5, 5.41) is 4.08. The van der Waals surface area contributed by atoms with Crippen molar-refractivity contribution in [3.8, 4) is 5.75 Å². The third kappa shape index (κ3) is 3.67. The minimum absolute atomic E-state index is 0.187. The van der Waals surface area contributed by atoms with E-state index >= 15 is 0 Å². The predicted molar refractivity (Wildman–Crippen MR) is 96.4 cm³/mol. The molecule has 6 heteroatoms. The Bertz CT molecular complexity index is 993. The van der Waals surface area contributed by atoms with Gasteiger partial charge >= 0.3 is 5.63 Å². The van der Waals surface area contributed by atoms with Gasteiger partial charge in [-0.3, -0.25) is 4.79 Å². The molecule has 1 aromatic heterocycles. The van der Waals surface area contributed by atoms with Crippen LogP contribution in [0.15, 0.2) is 51.7 Å². The largest absolute Gasteiger partial charge is 0.497 e. The fraction of sp³-hybridized carbons (Fsp3) is 0.158. The second kappa shape index (κ2) is 6.99. The lowest BCUT2D eigenvalue weighted by Gasteiger charge is -2.09. The second-order valence-corrected chi connectivity index (χ2v) is 6.01. The molecule has 0 spiro atoms. The lowest BCUT2D eigenvalue weighted by Crippen LogP contribution is -2.23. The van der Waals surface area contributed by atoms with Gasteiger partial charge in [0.1, 0.15) is 11.3 Å². The first kappa shape index (κ1) is 17.0. The maximum Gasteiger partial charge on any atom is 0.336 e. The molecule has 5 nitrogen and oxygen atoms in total. The number of aryl methyl sites for hydroxylation is 1. The maximum atomic E-state index is 12.3. The molecular formula is C19H16ClNO4. The summed E-state index contributed by atoms with van der Waals surface area (Å²) in [5.41, 5.74) is 1.94. The number of carbonyl (C=O) groups excluding carboxylic acids is 1. The minimum atomic E-state index is -0.470. The van der Waals surface area contributed by atoms with Crippen molar-refractivity contribution in [2.75, 3.05) is 7.11 Å². The quantitative estimate of drug-likeness (QED) is 0.723. The summed E-state index contributed by atoms with van der Waals surface area (Å²) < 4.78 is 10.3. The van der Waals surface area contributed by atoms with Gasteiger partial charge in [-0.1, -0.05) is 11.6 Å². The number of hydrogen-bond donors (Lipinski definition) is 1. The molecule has 0 bridgehead atoms. The molecule has 0 saturated carbocycles. The Morgan fingerprint density at radius 2 is 1.92 bits per heavy atom. The van der Waals surface area contributed by atoms with Gasteiger partial charge in [-0.15, -0.1) is 0 Å². The molecule has 0 fully saturated rings. The molecular weight excluding hydrogens is 342 g/mol. The number of rotatable bonds is 4. The van der Waals surface area contributed by atoms with Gasteiger partial charge in [0.2, 0.25) is 0 Å². The number of nitrogens with one attached hydrogen (secondary N) is 1. The third-order valence-electron chi connectivity index (χ3n) is 3.90. The van der Waals surface area contributed by atoms with Crippen molar-refractivity contribution in [2.24, 2.45) is 0 Å². The Kier molecular flexibility index (Phi) is 4.76. The Balaban J connectivity index is 1.86. The van der Waals surface area contributed by atoms with E-state index in [9.17, 15) is 9.59 Å². The molecule has 128 valence electrons. The first-order valence-electron chi connectivity index (χ1n) is 7.63. The van der Waals surface area contributed by atoms with Crippen LogP contribution >= 0.6 is 11.6 Å². The zero-order chi connectivity index (χ0) is 18.0. The predicted octanol–water partition coefficient (Wildman–Crippen LogP) is 3.69. The van der Waals surface area contributed by atoms with Crippen molar-refractivity contribution >= 4 is 28.5 Å². The van der Waals surface area contributed by atoms with E-state index in [-0.39, 0.29) is 12.5 Å². The molecule has 0 radical (unpaired) electrons. The number of fused-ring (bicyclic) bond motifs is 1. The Morgan fingerprint density at radius 1 is 1.20 bits per heavy atom. The third-order valence-corrected chi connectivity index (χ3v) is 4.31. The molecule has 0 aliphatic carbocycles. The van der Waals surface area contributed by atoms with Crippen molar-refractivity contribution in [1.29, 1.82) is 0 Å². The van der Waals surface area contributed by atoms with Crippen molar-refractivity contribution in [2.45, 2.75) is 13.5 Å². The van der Waals surface area contributed by atoms with Crippen molar-refractivity contribution < 1.29 is 13.9 Å². The standard InChI is InChI=1S/C19H16ClNO4/c1-11-7-17-15(9-16(11)20)13(8-18(22)25-17)10-21-19(23)12-3-5-14(24-2)6-4-12/h3-9H,10H2,1-2H3,(H,21,23). The molecule has 2 aromatic carbocycles. The highest BCUT2D eigenvalue weighted by atomic mass is 35.5. The Labute approximate surface area is 149 Å². The molecule has 1 amide bonds. The topological polar surface area (TPSA) is 68.5 Å². The Hall–Kier alpha value is -2.79.